The summed E-state index contributed by atoms with van der Waals surface area (Å²) in [6.07, 6.45) is 0. The molecule has 0 radical (unpaired) electrons. The molecule has 21 heavy (non-hydrogen) atoms. The van der Waals surface area contributed by atoms with Crippen LogP contribution in [-0.2, 0) is 10.0 Å². The average molecular weight is 306 g/mol. The van der Waals surface area contributed by atoms with Crippen molar-refractivity contribution in [3.8, 4) is 5.75 Å². The third-order valence-electron chi connectivity index (χ3n) is 3.27. The topological polar surface area (TPSA) is 81.4 Å². The second-order valence-corrected chi connectivity index (χ2v) is 6.49. The monoisotopic (exact) mass is 306 g/mol. The highest BCUT2D eigenvalue weighted by atomic mass is 32.2. The van der Waals surface area contributed by atoms with E-state index >= 15 is 0 Å². The molecular formula is C15H18N2O3S. The van der Waals surface area contributed by atoms with Crippen molar-refractivity contribution < 1.29 is 13.2 Å². The molecule has 0 bridgehead atoms. The summed E-state index contributed by atoms with van der Waals surface area (Å²) in [5.74, 6) is 0.331. The molecule has 2 rings (SSSR count). The molecule has 0 aliphatic rings. The van der Waals surface area contributed by atoms with Gasteiger partial charge in [0.1, 0.15) is 5.75 Å². The van der Waals surface area contributed by atoms with Gasteiger partial charge in [0.25, 0.3) is 10.0 Å². The molecule has 0 aliphatic heterocycles. The van der Waals surface area contributed by atoms with E-state index in [0.717, 1.165) is 11.1 Å². The molecule has 0 atom stereocenters. The average Bonchev–Trinajstić information content (AvgIpc) is 2.43. The first-order valence-electron chi connectivity index (χ1n) is 6.37. The first-order valence-corrected chi connectivity index (χ1v) is 7.85. The van der Waals surface area contributed by atoms with E-state index in [4.69, 9.17) is 10.5 Å². The van der Waals surface area contributed by atoms with Crippen molar-refractivity contribution in [2.45, 2.75) is 18.7 Å². The molecule has 2 aromatic rings. The number of methoxy groups -OCH3 is 1. The number of nitrogens with one attached hydrogen (secondary N) is 1. The molecule has 0 saturated heterocycles. The Balaban J connectivity index is 2.35. The van der Waals surface area contributed by atoms with E-state index < -0.39 is 10.0 Å². The molecule has 2 aromatic carbocycles. The number of hydrogen-bond donors (Lipinski definition) is 2. The lowest BCUT2D eigenvalue weighted by molar-refractivity contribution is 0.415. The molecule has 0 aliphatic carbocycles. The summed E-state index contributed by atoms with van der Waals surface area (Å²) in [6.45, 7) is 3.90. The number of ether oxygens (including phenoxy) is 1. The van der Waals surface area contributed by atoms with Crippen molar-refractivity contribution in [3.63, 3.8) is 0 Å². The van der Waals surface area contributed by atoms with E-state index in [1.807, 2.05) is 19.9 Å². The van der Waals surface area contributed by atoms with Gasteiger partial charge < -0.3 is 10.5 Å². The van der Waals surface area contributed by atoms with Gasteiger partial charge in [0.15, 0.2) is 0 Å². The molecule has 5 nitrogen and oxygen atoms in total. The summed E-state index contributed by atoms with van der Waals surface area (Å²) >= 11 is 0. The van der Waals surface area contributed by atoms with Crippen LogP contribution in [0.4, 0.5) is 11.4 Å². The van der Waals surface area contributed by atoms with Crippen molar-refractivity contribution in [2.75, 3.05) is 17.6 Å². The first-order chi connectivity index (χ1) is 9.83. The molecule has 3 N–H and O–H groups in total. The lowest BCUT2D eigenvalue weighted by Gasteiger charge is -2.11. The van der Waals surface area contributed by atoms with Crippen molar-refractivity contribution in [2.24, 2.45) is 0 Å². The standard InChI is InChI=1S/C15H18N2O3S/c1-10-4-5-12(8-11(10)2)17-21(18,19)13-6-7-14(16)15(9-13)20-3/h4-9,17H,16H2,1-3H3. The number of nitrogens with two attached hydrogens (primary N) is 1. The largest absolute Gasteiger partial charge is 0.495 e. The highest BCUT2D eigenvalue weighted by Gasteiger charge is 2.16. The van der Waals surface area contributed by atoms with Crippen LogP contribution in [0, 0.1) is 13.8 Å². The Labute approximate surface area is 124 Å². The molecule has 0 amide bonds. The van der Waals surface area contributed by atoms with Crippen molar-refractivity contribution >= 4 is 21.4 Å². The zero-order valence-corrected chi connectivity index (χ0v) is 13.0. The number of aryl methyl sites for hydroxylation is 2. The Morgan fingerprint density at radius 3 is 2.38 bits per heavy atom. The van der Waals surface area contributed by atoms with Crippen LogP contribution in [0.3, 0.4) is 0 Å². The third kappa shape index (κ3) is 3.28. The van der Waals surface area contributed by atoms with Gasteiger partial charge in [-0.1, -0.05) is 6.07 Å². The van der Waals surface area contributed by atoms with E-state index in [0.29, 0.717) is 17.1 Å². The summed E-state index contributed by atoms with van der Waals surface area (Å²) in [7, 11) is -2.23. The maximum absolute atomic E-state index is 12.4. The maximum atomic E-state index is 12.4. The number of nitrogen functional groups attached to an aromatic ring is 1. The summed E-state index contributed by atoms with van der Waals surface area (Å²) < 4.78 is 32.3. The van der Waals surface area contributed by atoms with Crippen LogP contribution in [0.2, 0.25) is 0 Å². The molecule has 0 saturated carbocycles. The van der Waals surface area contributed by atoms with Gasteiger partial charge in [0.2, 0.25) is 0 Å². The third-order valence-corrected chi connectivity index (χ3v) is 4.65. The van der Waals surface area contributed by atoms with E-state index in [1.165, 1.54) is 25.3 Å². The van der Waals surface area contributed by atoms with Crippen LogP contribution >= 0.6 is 0 Å². The van der Waals surface area contributed by atoms with Gasteiger partial charge in [0, 0.05) is 11.8 Å². The summed E-state index contributed by atoms with van der Waals surface area (Å²) in [6, 6.07) is 9.75. The zero-order valence-electron chi connectivity index (χ0n) is 12.2. The molecular weight excluding hydrogens is 288 g/mol. The predicted octanol–water partition coefficient (Wildman–Crippen LogP) is 2.70. The lowest BCUT2D eigenvalue weighted by atomic mass is 10.1. The second kappa shape index (κ2) is 5.65. The van der Waals surface area contributed by atoms with Crippen LogP contribution in [-0.4, -0.2) is 15.5 Å². The van der Waals surface area contributed by atoms with E-state index in [-0.39, 0.29) is 4.90 Å². The maximum Gasteiger partial charge on any atom is 0.262 e. The van der Waals surface area contributed by atoms with E-state index in [9.17, 15) is 8.42 Å². The molecule has 0 spiro atoms. The van der Waals surface area contributed by atoms with E-state index in [1.54, 1.807) is 12.1 Å². The highest BCUT2D eigenvalue weighted by Crippen LogP contribution is 2.26. The van der Waals surface area contributed by atoms with Crippen LogP contribution in [0.15, 0.2) is 41.3 Å². The fourth-order valence-corrected chi connectivity index (χ4v) is 2.94. The summed E-state index contributed by atoms with van der Waals surface area (Å²) in [5, 5.41) is 0. The quantitative estimate of drug-likeness (QED) is 0.851. The first kappa shape index (κ1) is 15.2. The summed E-state index contributed by atoms with van der Waals surface area (Å²) in [4.78, 5) is 0.103. The van der Waals surface area contributed by atoms with Gasteiger partial charge in [-0.05, 0) is 49.2 Å². The number of rotatable bonds is 4. The molecule has 0 unspecified atom stereocenters. The Morgan fingerprint density at radius 2 is 1.76 bits per heavy atom. The van der Waals surface area contributed by atoms with Crippen LogP contribution in [0.25, 0.3) is 0 Å². The number of anilines is 2. The van der Waals surface area contributed by atoms with Gasteiger partial charge in [-0.15, -0.1) is 0 Å². The molecule has 6 heteroatoms. The van der Waals surface area contributed by atoms with Gasteiger partial charge >= 0.3 is 0 Å². The Bertz CT molecular complexity index is 770. The predicted molar refractivity (Wildman–Crippen MR) is 84.1 cm³/mol. The van der Waals surface area contributed by atoms with Crippen molar-refractivity contribution in [1.29, 1.82) is 0 Å². The zero-order chi connectivity index (χ0) is 15.6. The normalized spacial score (nSPS) is 11.2. The smallest absolute Gasteiger partial charge is 0.262 e. The van der Waals surface area contributed by atoms with Crippen molar-refractivity contribution in [3.05, 3.63) is 47.5 Å². The van der Waals surface area contributed by atoms with Crippen LogP contribution in [0.5, 0.6) is 5.75 Å². The van der Waals surface area contributed by atoms with Gasteiger partial charge in [-0.3, -0.25) is 4.72 Å². The second-order valence-electron chi connectivity index (χ2n) is 4.81. The molecule has 0 fully saturated rings. The molecule has 0 aromatic heterocycles. The van der Waals surface area contributed by atoms with Crippen LogP contribution < -0.4 is 15.2 Å². The molecule has 112 valence electrons. The van der Waals surface area contributed by atoms with Gasteiger partial charge in [-0.2, -0.15) is 0 Å². The lowest BCUT2D eigenvalue weighted by Crippen LogP contribution is -2.13. The number of benzene rings is 2. The SMILES string of the molecule is COc1cc(S(=O)(=O)Nc2ccc(C)c(C)c2)ccc1N. The van der Waals surface area contributed by atoms with Crippen LogP contribution in [0.1, 0.15) is 11.1 Å². The fourth-order valence-electron chi connectivity index (χ4n) is 1.88. The van der Waals surface area contributed by atoms with Crippen molar-refractivity contribution in [1.82, 2.24) is 0 Å². The van der Waals surface area contributed by atoms with Gasteiger partial charge in [0.05, 0.1) is 17.7 Å². The van der Waals surface area contributed by atoms with E-state index in [2.05, 4.69) is 4.72 Å². The van der Waals surface area contributed by atoms with Gasteiger partial charge in [-0.25, -0.2) is 8.42 Å². The minimum Gasteiger partial charge on any atom is -0.495 e. The highest BCUT2D eigenvalue weighted by molar-refractivity contribution is 7.92. The number of sulfonamides is 1. The Hall–Kier alpha value is -2.21. The summed E-state index contributed by atoms with van der Waals surface area (Å²) in [5.41, 5.74) is 8.73. The Morgan fingerprint density at radius 1 is 1.05 bits per heavy atom. The Kier molecular flexibility index (Phi) is 4.09. The minimum atomic E-state index is -3.68. The molecule has 0 heterocycles. The fraction of sp³-hybridized carbons (Fsp3) is 0.200. The minimum absolute atomic E-state index is 0.103. The number of hydrogen-bond acceptors (Lipinski definition) is 4.